The highest BCUT2D eigenvalue weighted by Crippen LogP contribution is 2.29. The van der Waals surface area contributed by atoms with Crippen LogP contribution in [-0.2, 0) is 9.59 Å². The number of nitrogens with one attached hydrogen (secondary N) is 1. The van der Waals surface area contributed by atoms with Crippen LogP contribution in [-0.4, -0.2) is 35.3 Å². The molecule has 0 aromatic carbocycles. The quantitative estimate of drug-likeness (QED) is 0.734. The van der Waals surface area contributed by atoms with E-state index >= 15 is 0 Å². The molecule has 4 nitrogen and oxygen atoms in total. The fraction of sp³-hybridized carbons (Fsp3) is 0.882. The number of rotatable bonds is 7. The number of hydrogen-bond donors (Lipinski definition) is 1. The van der Waals surface area contributed by atoms with Crippen molar-refractivity contribution in [2.45, 2.75) is 85.2 Å². The Kier molecular flexibility index (Phi) is 6.69. The van der Waals surface area contributed by atoms with Crippen LogP contribution in [0.5, 0.6) is 0 Å². The van der Waals surface area contributed by atoms with Crippen LogP contribution in [0.4, 0.5) is 0 Å². The van der Waals surface area contributed by atoms with E-state index in [1.54, 1.807) is 0 Å². The molecule has 2 atom stereocenters. The van der Waals surface area contributed by atoms with Crippen LogP contribution in [0.2, 0.25) is 0 Å². The molecule has 0 aliphatic carbocycles. The minimum absolute atomic E-state index is 0.0102. The summed E-state index contributed by atoms with van der Waals surface area (Å²) in [4.78, 5) is 27.0. The third-order valence-corrected chi connectivity index (χ3v) is 4.11. The monoisotopic (exact) mass is 296 g/mol. The molecule has 1 fully saturated rings. The third-order valence-electron chi connectivity index (χ3n) is 4.11. The number of piperazine rings is 1. The second kappa shape index (κ2) is 7.81. The molecule has 4 heteroatoms. The van der Waals surface area contributed by atoms with E-state index in [1.807, 2.05) is 32.6 Å². The molecular weight excluding hydrogens is 264 g/mol. The molecule has 122 valence electrons. The molecule has 2 amide bonds. The third kappa shape index (κ3) is 4.72. The Labute approximate surface area is 129 Å². The van der Waals surface area contributed by atoms with Crippen LogP contribution >= 0.6 is 0 Å². The van der Waals surface area contributed by atoms with Crippen molar-refractivity contribution in [3.63, 3.8) is 0 Å². The number of carbonyl (C=O) groups excluding carboxylic acids is 2. The van der Waals surface area contributed by atoms with Crippen LogP contribution in [0.3, 0.4) is 0 Å². The Bertz CT molecular complexity index is 360. The van der Waals surface area contributed by atoms with E-state index < -0.39 is 0 Å². The summed E-state index contributed by atoms with van der Waals surface area (Å²) >= 11 is 0. The first kappa shape index (κ1) is 18.0. The molecular formula is C17H32N2O2. The van der Waals surface area contributed by atoms with Crippen molar-refractivity contribution < 1.29 is 9.59 Å². The summed E-state index contributed by atoms with van der Waals surface area (Å²) in [5.41, 5.74) is -0.234. The standard InChI is InChI=1S/C17H32N2O2/c1-6-8-9-10-12-19-14(17(3,4)5)15(20)18-13(11-7-2)16(19)21/h13-14H,6-12H2,1-5H3,(H,18,20). The first-order valence-electron chi connectivity index (χ1n) is 8.43. The van der Waals surface area contributed by atoms with E-state index in [0.717, 1.165) is 25.7 Å². The maximum absolute atomic E-state index is 12.7. The normalized spacial score (nSPS) is 23.4. The van der Waals surface area contributed by atoms with E-state index in [0.29, 0.717) is 6.54 Å². The lowest BCUT2D eigenvalue weighted by Gasteiger charge is -2.44. The van der Waals surface area contributed by atoms with Crippen LogP contribution in [0, 0.1) is 5.41 Å². The summed E-state index contributed by atoms with van der Waals surface area (Å²) < 4.78 is 0. The van der Waals surface area contributed by atoms with Gasteiger partial charge in [-0.05, 0) is 18.3 Å². The van der Waals surface area contributed by atoms with Gasteiger partial charge < -0.3 is 10.2 Å². The number of carbonyl (C=O) groups is 2. The second-order valence-electron chi connectivity index (χ2n) is 7.21. The topological polar surface area (TPSA) is 49.4 Å². The number of nitrogens with zero attached hydrogens (tertiary/aromatic N) is 1. The maximum Gasteiger partial charge on any atom is 0.245 e. The lowest BCUT2D eigenvalue weighted by Crippen LogP contribution is -2.66. The smallest absolute Gasteiger partial charge is 0.245 e. The lowest BCUT2D eigenvalue weighted by molar-refractivity contribution is -0.154. The molecule has 0 spiro atoms. The van der Waals surface area contributed by atoms with Gasteiger partial charge in [-0.15, -0.1) is 0 Å². The fourth-order valence-corrected chi connectivity index (χ4v) is 3.07. The minimum Gasteiger partial charge on any atom is -0.342 e. The summed E-state index contributed by atoms with van der Waals surface area (Å²) in [6.07, 6.45) is 6.10. The highest BCUT2D eigenvalue weighted by molar-refractivity contribution is 5.97. The lowest BCUT2D eigenvalue weighted by atomic mass is 9.82. The van der Waals surface area contributed by atoms with E-state index in [1.165, 1.54) is 12.8 Å². The van der Waals surface area contributed by atoms with E-state index in [2.05, 4.69) is 12.2 Å². The van der Waals surface area contributed by atoms with Crippen molar-refractivity contribution in [1.29, 1.82) is 0 Å². The summed E-state index contributed by atoms with van der Waals surface area (Å²) in [6.45, 7) is 11.0. The van der Waals surface area contributed by atoms with Gasteiger partial charge in [-0.1, -0.05) is 60.3 Å². The molecule has 1 aliphatic rings. The predicted molar refractivity (Wildman–Crippen MR) is 85.9 cm³/mol. The Morgan fingerprint density at radius 1 is 1.05 bits per heavy atom. The van der Waals surface area contributed by atoms with Gasteiger partial charge in [-0.25, -0.2) is 0 Å². The minimum atomic E-state index is -0.347. The van der Waals surface area contributed by atoms with Crippen LogP contribution < -0.4 is 5.32 Å². The SMILES string of the molecule is CCCCCCN1C(=O)C(CCC)NC(=O)C1C(C)(C)C. The second-order valence-corrected chi connectivity index (χ2v) is 7.21. The number of unbranched alkanes of at least 4 members (excludes halogenated alkanes) is 3. The summed E-state index contributed by atoms with van der Waals surface area (Å²) in [7, 11) is 0. The van der Waals surface area contributed by atoms with Crippen molar-refractivity contribution in [3.8, 4) is 0 Å². The zero-order chi connectivity index (χ0) is 16.0. The van der Waals surface area contributed by atoms with Crippen molar-refractivity contribution in [2.75, 3.05) is 6.54 Å². The highest BCUT2D eigenvalue weighted by atomic mass is 16.2. The Hall–Kier alpha value is -1.06. The van der Waals surface area contributed by atoms with Crippen molar-refractivity contribution in [3.05, 3.63) is 0 Å². The molecule has 0 aromatic heterocycles. The van der Waals surface area contributed by atoms with E-state index in [-0.39, 0.29) is 29.3 Å². The van der Waals surface area contributed by atoms with Gasteiger partial charge in [0.05, 0.1) is 0 Å². The maximum atomic E-state index is 12.7. The number of amides is 2. The zero-order valence-electron chi connectivity index (χ0n) is 14.4. The molecule has 1 N–H and O–H groups in total. The van der Waals surface area contributed by atoms with Gasteiger partial charge in [0, 0.05) is 6.54 Å². The molecule has 0 radical (unpaired) electrons. The van der Waals surface area contributed by atoms with E-state index in [4.69, 9.17) is 0 Å². The Morgan fingerprint density at radius 3 is 2.24 bits per heavy atom. The van der Waals surface area contributed by atoms with Gasteiger partial charge in [-0.2, -0.15) is 0 Å². The molecule has 1 heterocycles. The van der Waals surface area contributed by atoms with Gasteiger partial charge in [0.15, 0.2) is 0 Å². The summed E-state index contributed by atoms with van der Waals surface area (Å²) in [5.74, 6) is 0.115. The molecule has 0 aromatic rings. The van der Waals surface area contributed by atoms with Gasteiger partial charge in [-0.3, -0.25) is 9.59 Å². The zero-order valence-corrected chi connectivity index (χ0v) is 14.4. The molecule has 0 saturated carbocycles. The molecule has 1 saturated heterocycles. The Morgan fingerprint density at radius 2 is 1.71 bits per heavy atom. The average molecular weight is 296 g/mol. The molecule has 2 unspecified atom stereocenters. The number of hydrogen-bond acceptors (Lipinski definition) is 2. The van der Waals surface area contributed by atoms with Crippen LogP contribution in [0.25, 0.3) is 0 Å². The summed E-state index contributed by atoms with van der Waals surface area (Å²) in [5, 5.41) is 2.93. The molecule has 0 bridgehead atoms. The molecule has 1 aliphatic heterocycles. The molecule has 1 rings (SSSR count). The van der Waals surface area contributed by atoms with E-state index in [9.17, 15) is 9.59 Å². The first-order chi connectivity index (χ1) is 9.82. The predicted octanol–water partition coefficient (Wildman–Crippen LogP) is 3.11. The van der Waals surface area contributed by atoms with Crippen LogP contribution in [0.15, 0.2) is 0 Å². The fourth-order valence-electron chi connectivity index (χ4n) is 3.07. The first-order valence-corrected chi connectivity index (χ1v) is 8.43. The van der Waals surface area contributed by atoms with Crippen LogP contribution in [0.1, 0.15) is 73.1 Å². The largest absolute Gasteiger partial charge is 0.342 e. The van der Waals surface area contributed by atoms with Crippen molar-refractivity contribution in [1.82, 2.24) is 10.2 Å². The van der Waals surface area contributed by atoms with Gasteiger partial charge in [0.2, 0.25) is 11.8 Å². The van der Waals surface area contributed by atoms with Crippen molar-refractivity contribution in [2.24, 2.45) is 5.41 Å². The van der Waals surface area contributed by atoms with Gasteiger partial charge >= 0.3 is 0 Å². The summed E-state index contributed by atoms with van der Waals surface area (Å²) in [6, 6.07) is -0.674. The van der Waals surface area contributed by atoms with Gasteiger partial charge in [0.25, 0.3) is 0 Å². The molecule has 21 heavy (non-hydrogen) atoms. The van der Waals surface area contributed by atoms with Gasteiger partial charge in [0.1, 0.15) is 12.1 Å². The highest BCUT2D eigenvalue weighted by Gasteiger charge is 2.45. The van der Waals surface area contributed by atoms with Crippen molar-refractivity contribution >= 4 is 11.8 Å². The average Bonchev–Trinajstić information content (AvgIpc) is 2.38. The Balaban J connectivity index is 2.84.